The maximum absolute atomic E-state index is 12.6. The SMILES string of the molecule is CCC(=O)/C(=C\C(C)C)c1cc(Oc2c(Cl)cc(-n3nc(N)c(=O)[nH]c3=O)cc2Cl)ccc1C. The molecule has 0 bridgehead atoms. The number of H-pyrrole nitrogens is 1. The Hall–Kier alpha value is -3.36. The molecule has 0 aliphatic rings. The fraction of sp³-hybridized carbons (Fsp3) is 0.250. The largest absolute Gasteiger partial charge is 0.454 e. The van der Waals surface area contributed by atoms with E-state index in [0.29, 0.717) is 17.7 Å². The minimum atomic E-state index is -0.798. The van der Waals surface area contributed by atoms with Gasteiger partial charge in [-0.05, 0) is 48.2 Å². The van der Waals surface area contributed by atoms with Crippen molar-refractivity contribution in [2.75, 3.05) is 5.73 Å². The van der Waals surface area contributed by atoms with Gasteiger partial charge >= 0.3 is 5.69 Å². The number of carbonyl (C=O) groups is 1. The van der Waals surface area contributed by atoms with Gasteiger partial charge in [0.05, 0.1) is 15.7 Å². The molecule has 0 fully saturated rings. The number of nitrogen functional groups attached to an aromatic ring is 1. The molecule has 3 N–H and O–H groups in total. The second-order valence-electron chi connectivity index (χ2n) is 7.97. The highest BCUT2D eigenvalue weighted by Gasteiger charge is 2.17. The van der Waals surface area contributed by atoms with Gasteiger partial charge in [-0.1, -0.05) is 56.1 Å². The molecule has 1 heterocycles. The van der Waals surface area contributed by atoms with Crippen LogP contribution < -0.4 is 21.7 Å². The Labute approximate surface area is 206 Å². The third-order valence-electron chi connectivity index (χ3n) is 4.92. The number of hydrogen-bond acceptors (Lipinski definition) is 6. The minimum Gasteiger partial charge on any atom is -0.454 e. The van der Waals surface area contributed by atoms with Crippen LogP contribution >= 0.6 is 23.2 Å². The summed E-state index contributed by atoms with van der Waals surface area (Å²) in [6, 6.07) is 8.19. The second kappa shape index (κ2) is 10.3. The fourth-order valence-electron chi connectivity index (χ4n) is 3.28. The fourth-order valence-corrected chi connectivity index (χ4v) is 3.84. The first kappa shape index (κ1) is 25.3. The maximum atomic E-state index is 12.6. The number of aromatic nitrogens is 3. The monoisotopic (exact) mass is 502 g/mol. The van der Waals surface area contributed by atoms with E-state index < -0.39 is 11.2 Å². The van der Waals surface area contributed by atoms with E-state index >= 15 is 0 Å². The summed E-state index contributed by atoms with van der Waals surface area (Å²) in [6.45, 7) is 7.76. The van der Waals surface area contributed by atoms with E-state index in [1.807, 2.05) is 39.8 Å². The van der Waals surface area contributed by atoms with Crippen LogP contribution in [-0.4, -0.2) is 20.5 Å². The molecule has 0 saturated carbocycles. The van der Waals surface area contributed by atoms with Crippen LogP contribution in [0.3, 0.4) is 0 Å². The van der Waals surface area contributed by atoms with Gasteiger partial charge in [0, 0.05) is 12.0 Å². The van der Waals surface area contributed by atoms with Crippen LogP contribution in [0, 0.1) is 12.8 Å². The van der Waals surface area contributed by atoms with Gasteiger partial charge in [0.2, 0.25) is 5.82 Å². The Kier molecular flexibility index (Phi) is 7.64. The van der Waals surface area contributed by atoms with Gasteiger partial charge in [-0.15, -0.1) is 5.10 Å². The average Bonchev–Trinajstić information content (AvgIpc) is 2.77. The zero-order valence-electron chi connectivity index (χ0n) is 19.1. The molecular formula is C24H24Cl2N4O4. The van der Waals surface area contributed by atoms with Crippen molar-refractivity contribution in [1.29, 1.82) is 0 Å². The number of benzene rings is 2. The topological polar surface area (TPSA) is 120 Å². The van der Waals surface area contributed by atoms with E-state index in [9.17, 15) is 14.4 Å². The molecule has 0 radical (unpaired) electrons. The molecule has 3 rings (SSSR count). The molecule has 0 aliphatic heterocycles. The maximum Gasteiger partial charge on any atom is 0.349 e. The number of nitrogens with zero attached hydrogens (tertiary/aromatic N) is 2. The Morgan fingerprint density at radius 3 is 2.44 bits per heavy atom. The Morgan fingerprint density at radius 2 is 1.85 bits per heavy atom. The van der Waals surface area contributed by atoms with E-state index in [0.717, 1.165) is 15.8 Å². The number of ketones is 1. The van der Waals surface area contributed by atoms with Crippen molar-refractivity contribution < 1.29 is 9.53 Å². The van der Waals surface area contributed by atoms with Gasteiger partial charge in [-0.3, -0.25) is 14.6 Å². The molecule has 3 aromatic rings. The molecule has 0 aliphatic carbocycles. The predicted octanol–water partition coefficient (Wildman–Crippen LogP) is 4.93. The third-order valence-corrected chi connectivity index (χ3v) is 5.48. The van der Waals surface area contributed by atoms with Crippen molar-refractivity contribution >= 4 is 40.4 Å². The number of nitrogens with two attached hydrogens (primary N) is 1. The van der Waals surface area contributed by atoms with Crippen LogP contribution in [0.4, 0.5) is 5.82 Å². The lowest BCUT2D eigenvalue weighted by Gasteiger charge is -2.15. The highest BCUT2D eigenvalue weighted by atomic mass is 35.5. The van der Waals surface area contributed by atoms with Crippen molar-refractivity contribution in [1.82, 2.24) is 14.8 Å². The zero-order valence-corrected chi connectivity index (χ0v) is 20.6. The average molecular weight is 503 g/mol. The van der Waals surface area contributed by atoms with Gasteiger partial charge < -0.3 is 10.5 Å². The molecule has 0 saturated heterocycles. The highest BCUT2D eigenvalue weighted by Crippen LogP contribution is 2.39. The van der Waals surface area contributed by atoms with Crippen LogP contribution in [0.5, 0.6) is 11.5 Å². The van der Waals surface area contributed by atoms with Crippen molar-refractivity contribution in [2.24, 2.45) is 5.92 Å². The lowest BCUT2D eigenvalue weighted by molar-refractivity contribution is -0.113. The van der Waals surface area contributed by atoms with E-state index in [2.05, 4.69) is 10.1 Å². The Balaban J connectivity index is 2.03. The first-order valence-electron chi connectivity index (χ1n) is 10.5. The first-order valence-corrected chi connectivity index (χ1v) is 11.3. The first-order chi connectivity index (χ1) is 16.0. The van der Waals surface area contributed by atoms with Gasteiger partial charge in [0.1, 0.15) is 5.75 Å². The van der Waals surface area contributed by atoms with Gasteiger partial charge in [-0.25, -0.2) is 4.79 Å². The summed E-state index contributed by atoms with van der Waals surface area (Å²) in [5.41, 5.74) is 6.44. The number of aryl methyl sites for hydroxylation is 1. The molecule has 0 amide bonds. The van der Waals surface area contributed by atoms with Gasteiger partial charge in [0.25, 0.3) is 5.56 Å². The molecule has 0 spiro atoms. The number of nitrogens with one attached hydrogen (secondary N) is 1. The number of Topliss-reactive ketones (excluding diaryl/α,β-unsaturated/α-hetero) is 1. The highest BCUT2D eigenvalue weighted by molar-refractivity contribution is 6.37. The number of allylic oxidation sites excluding steroid dienone is 2. The summed E-state index contributed by atoms with van der Waals surface area (Å²) in [5.74, 6) is 0.423. The number of hydrogen-bond donors (Lipinski definition) is 2. The molecule has 10 heteroatoms. The normalized spacial score (nSPS) is 11.7. The van der Waals surface area contributed by atoms with E-state index in [4.69, 9.17) is 33.7 Å². The summed E-state index contributed by atoms with van der Waals surface area (Å²) in [4.78, 5) is 38.3. The van der Waals surface area contributed by atoms with Gasteiger partial charge in [-0.2, -0.15) is 4.68 Å². The number of aromatic amines is 1. The molecule has 178 valence electrons. The number of ether oxygens (including phenoxy) is 1. The van der Waals surface area contributed by atoms with Crippen molar-refractivity contribution in [2.45, 2.75) is 34.1 Å². The molecular weight excluding hydrogens is 479 g/mol. The van der Waals surface area contributed by atoms with Crippen molar-refractivity contribution in [3.05, 3.63) is 78.4 Å². The predicted molar refractivity (Wildman–Crippen MR) is 134 cm³/mol. The smallest absolute Gasteiger partial charge is 0.349 e. The number of anilines is 1. The summed E-state index contributed by atoms with van der Waals surface area (Å²) in [5, 5.41) is 3.97. The molecule has 2 aromatic carbocycles. The van der Waals surface area contributed by atoms with Crippen LogP contribution in [0.15, 0.2) is 46.0 Å². The van der Waals surface area contributed by atoms with E-state index in [1.54, 1.807) is 12.1 Å². The standard InChI is InChI=1S/C24H24Cl2N4O4/c1-5-20(31)17(8-12(2)3)16-11-15(7-6-13(16)4)34-21-18(25)9-14(10-19(21)26)30-24(33)28-23(32)22(27)29-30/h6-12H,5H2,1-4H3,(H2,27,29)(H,28,32,33)/b17-8-. The van der Waals surface area contributed by atoms with Crippen LogP contribution in [0.1, 0.15) is 38.3 Å². The van der Waals surface area contributed by atoms with E-state index in [-0.39, 0.29) is 39.0 Å². The molecule has 8 nitrogen and oxygen atoms in total. The summed E-state index contributed by atoms with van der Waals surface area (Å²) < 4.78 is 6.85. The van der Waals surface area contributed by atoms with Crippen LogP contribution in [0.25, 0.3) is 11.3 Å². The third kappa shape index (κ3) is 5.40. The Bertz CT molecular complexity index is 1380. The molecule has 0 unspecified atom stereocenters. The Morgan fingerprint density at radius 1 is 1.21 bits per heavy atom. The van der Waals surface area contributed by atoms with Crippen molar-refractivity contribution in [3.63, 3.8) is 0 Å². The lowest BCUT2D eigenvalue weighted by atomic mass is 9.93. The molecule has 1 aromatic heterocycles. The quantitative estimate of drug-likeness (QED) is 0.441. The number of carbonyl (C=O) groups excluding carboxylic acids is 1. The molecule has 0 atom stereocenters. The van der Waals surface area contributed by atoms with Crippen LogP contribution in [0.2, 0.25) is 10.0 Å². The van der Waals surface area contributed by atoms with Gasteiger partial charge in [0.15, 0.2) is 11.5 Å². The van der Waals surface area contributed by atoms with Crippen molar-refractivity contribution in [3.8, 4) is 17.2 Å². The molecule has 34 heavy (non-hydrogen) atoms. The lowest BCUT2D eigenvalue weighted by Crippen LogP contribution is -2.33. The number of halogens is 2. The number of rotatable bonds is 7. The summed E-state index contributed by atoms with van der Waals surface area (Å²) >= 11 is 12.8. The second-order valence-corrected chi connectivity index (χ2v) is 8.79. The summed E-state index contributed by atoms with van der Waals surface area (Å²) in [7, 11) is 0. The van der Waals surface area contributed by atoms with Crippen LogP contribution in [-0.2, 0) is 4.79 Å². The zero-order chi connectivity index (χ0) is 25.2. The summed E-state index contributed by atoms with van der Waals surface area (Å²) in [6.07, 6.45) is 2.32. The van der Waals surface area contributed by atoms with E-state index in [1.165, 1.54) is 12.1 Å². The minimum absolute atomic E-state index is 0.0347.